The van der Waals surface area contributed by atoms with Crippen molar-refractivity contribution < 1.29 is 17.9 Å². The van der Waals surface area contributed by atoms with Gasteiger partial charge in [-0.2, -0.15) is 17.7 Å². The van der Waals surface area contributed by atoms with Crippen LogP contribution in [0.3, 0.4) is 0 Å². The molecule has 0 saturated carbocycles. The zero-order valence-electron chi connectivity index (χ0n) is 17.4. The van der Waals surface area contributed by atoms with Crippen LogP contribution in [0, 0.1) is 0 Å². The molecule has 0 spiro atoms. The van der Waals surface area contributed by atoms with Crippen molar-refractivity contribution in [2.45, 2.75) is 6.18 Å². The molecule has 0 fully saturated rings. The van der Waals surface area contributed by atoms with Gasteiger partial charge in [-0.05, 0) is 42.5 Å². The first-order valence-electron chi connectivity index (χ1n) is 9.83. The lowest BCUT2D eigenvalue weighted by Gasteiger charge is -2.10. The molecule has 1 N–H and O–H groups in total. The number of ether oxygens (including phenoxy) is 1. The molecule has 0 saturated heterocycles. The Balaban J connectivity index is 1.75. The van der Waals surface area contributed by atoms with E-state index in [0.717, 1.165) is 12.1 Å². The van der Waals surface area contributed by atoms with E-state index < -0.39 is 17.3 Å². The van der Waals surface area contributed by atoms with Gasteiger partial charge in [-0.3, -0.25) is 9.78 Å². The Bertz CT molecular complexity index is 1580. The van der Waals surface area contributed by atoms with E-state index in [1.165, 1.54) is 29.2 Å². The summed E-state index contributed by atoms with van der Waals surface area (Å²) >= 11 is 0. The van der Waals surface area contributed by atoms with E-state index in [-0.39, 0.29) is 22.8 Å². The van der Waals surface area contributed by atoms with Crippen LogP contribution >= 0.6 is 0 Å². The Labute approximate surface area is 188 Å². The van der Waals surface area contributed by atoms with Gasteiger partial charge in [0, 0.05) is 23.3 Å². The molecule has 0 unspecified atom stereocenters. The molecule has 170 valence electrons. The number of halogens is 3. The lowest BCUT2D eigenvalue weighted by Crippen LogP contribution is -2.12. The van der Waals surface area contributed by atoms with Crippen molar-refractivity contribution in [2.75, 3.05) is 12.4 Å². The zero-order chi connectivity index (χ0) is 23.9. The number of anilines is 2. The minimum atomic E-state index is -4.55. The van der Waals surface area contributed by atoms with Crippen molar-refractivity contribution in [3.8, 4) is 17.1 Å². The lowest BCUT2D eigenvalue weighted by molar-refractivity contribution is -0.137. The highest BCUT2D eigenvalue weighted by Gasteiger charge is 2.31. The fourth-order valence-corrected chi connectivity index (χ4v) is 3.32. The Morgan fingerprint density at radius 2 is 1.82 bits per heavy atom. The Morgan fingerprint density at radius 1 is 1.03 bits per heavy atom. The van der Waals surface area contributed by atoms with Gasteiger partial charge in [-0.15, -0.1) is 5.10 Å². The minimum Gasteiger partial charge on any atom is -0.497 e. The van der Waals surface area contributed by atoms with E-state index in [0.29, 0.717) is 22.5 Å². The van der Waals surface area contributed by atoms with E-state index in [4.69, 9.17) is 4.74 Å². The maximum absolute atomic E-state index is 13.3. The molecule has 0 aliphatic rings. The Hall–Kier alpha value is -4.61. The van der Waals surface area contributed by atoms with Crippen molar-refractivity contribution in [3.05, 3.63) is 77.0 Å². The average molecular weight is 465 g/mol. The van der Waals surface area contributed by atoms with Crippen molar-refractivity contribution in [3.63, 3.8) is 0 Å². The average Bonchev–Trinajstić information content (AvgIpc) is 3.18. The number of hydrogen-bond acceptors (Lipinski definition) is 8. The first kappa shape index (κ1) is 21.2. The van der Waals surface area contributed by atoms with E-state index in [1.54, 1.807) is 31.4 Å². The summed E-state index contributed by atoms with van der Waals surface area (Å²) in [6, 6.07) is 10.1. The van der Waals surface area contributed by atoms with Gasteiger partial charge in [-0.1, -0.05) is 0 Å². The zero-order valence-corrected chi connectivity index (χ0v) is 17.4. The van der Waals surface area contributed by atoms with Gasteiger partial charge in [0.05, 0.1) is 24.4 Å². The molecule has 2 aromatic carbocycles. The highest BCUT2D eigenvalue weighted by atomic mass is 19.4. The predicted octanol–water partition coefficient (Wildman–Crippen LogP) is 3.87. The summed E-state index contributed by atoms with van der Waals surface area (Å²) in [5, 5.41) is 7.61. The Kier molecular flexibility index (Phi) is 5.04. The predicted molar refractivity (Wildman–Crippen MR) is 117 cm³/mol. The van der Waals surface area contributed by atoms with Crippen molar-refractivity contribution in [2.24, 2.45) is 0 Å². The Morgan fingerprint density at radius 3 is 2.56 bits per heavy atom. The minimum absolute atomic E-state index is 0.0205. The van der Waals surface area contributed by atoms with Gasteiger partial charge < -0.3 is 10.1 Å². The van der Waals surface area contributed by atoms with Crippen LogP contribution in [0.4, 0.5) is 24.8 Å². The third-order valence-electron chi connectivity index (χ3n) is 4.97. The molecule has 34 heavy (non-hydrogen) atoms. The highest BCUT2D eigenvalue weighted by molar-refractivity contribution is 5.93. The molecule has 0 atom stereocenters. The molecule has 0 aliphatic heterocycles. The number of alkyl halides is 3. The van der Waals surface area contributed by atoms with Crippen LogP contribution in [-0.4, -0.2) is 36.7 Å². The number of methoxy groups -OCH3 is 1. The monoisotopic (exact) mass is 465 g/mol. The summed E-state index contributed by atoms with van der Waals surface area (Å²) in [6.45, 7) is 0. The number of aromatic nitrogens is 6. The van der Waals surface area contributed by atoms with Gasteiger partial charge >= 0.3 is 6.18 Å². The SMILES string of the molecule is COc1ccc(-c2nc3c4ccc(C(F)(F)F)cc4nc(Nc4cnccnc4=O)n3n2)cc1. The number of fused-ring (bicyclic) bond motifs is 3. The topological polar surface area (TPSA) is 107 Å². The van der Waals surface area contributed by atoms with Gasteiger partial charge in [0.25, 0.3) is 5.56 Å². The van der Waals surface area contributed by atoms with Crippen molar-refractivity contribution in [1.29, 1.82) is 0 Å². The van der Waals surface area contributed by atoms with Crippen molar-refractivity contribution >= 4 is 28.2 Å². The highest BCUT2D eigenvalue weighted by Crippen LogP contribution is 2.33. The maximum Gasteiger partial charge on any atom is 0.416 e. The smallest absolute Gasteiger partial charge is 0.416 e. The molecular weight excluding hydrogens is 451 g/mol. The maximum atomic E-state index is 13.3. The lowest BCUT2D eigenvalue weighted by atomic mass is 10.1. The number of benzene rings is 2. The fraction of sp³-hybridized carbons (Fsp3) is 0.0909. The number of hydrogen-bond donors (Lipinski definition) is 1. The van der Waals surface area contributed by atoms with Gasteiger partial charge in [0.1, 0.15) is 11.4 Å². The van der Waals surface area contributed by atoms with E-state index in [2.05, 4.69) is 30.4 Å². The number of nitrogens with one attached hydrogen (secondary N) is 1. The van der Waals surface area contributed by atoms with E-state index in [9.17, 15) is 18.0 Å². The summed E-state index contributed by atoms with van der Waals surface area (Å²) in [7, 11) is 1.54. The van der Waals surface area contributed by atoms with Crippen LogP contribution in [0.15, 0.2) is 65.8 Å². The second kappa shape index (κ2) is 8.06. The first-order valence-corrected chi connectivity index (χ1v) is 9.83. The number of nitrogens with zero attached hydrogens (tertiary/aromatic N) is 6. The number of rotatable bonds is 4. The third-order valence-corrected chi connectivity index (χ3v) is 4.97. The van der Waals surface area contributed by atoms with Gasteiger partial charge in [0.15, 0.2) is 11.5 Å². The van der Waals surface area contributed by atoms with E-state index >= 15 is 0 Å². The van der Waals surface area contributed by atoms with Crippen LogP contribution < -0.4 is 15.6 Å². The molecule has 0 amide bonds. The van der Waals surface area contributed by atoms with Crippen LogP contribution in [-0.2, 0) is 6.18 Å². The third kappa shape index (κ3) is 3.85. The normalized spacial score (nSPS) is 11.6. The molecule has 5 aromatic rings. The molecule has 12 heteroatoms. The molecule has 3 heterocycles. The fourth-order valence-electron chi connectivity index (χ4n) is 3.32. The van der Waals surface area contributed by atoms with Gasteiger partial charge in [0.2, 0.25) is 5.95 Å². The summed E-state index contributed by atoms with van der Waals surface area (Å²) in [5.74, 6) is 0.916. The first-order chi connectivity index (χ1) is 16.3. The molecule has 0 radical (unpaired) electrons. The molecule has 9 nitrogen and oxygen atoms in total. The van der Waals surface area contributed by atoms with Crippen molar-refractivity contribution in [1.82, 2.24) is 29.5 Å². The van der Waals surface area contributed by atoms with E-state index in [1.807, 2.05) is 0 Å². The standard InChI is InChI=1S/C22H14F3N7O2/c1-34-14-5-2-12(3-6-14)18-30-19-15-7-4-13(22(23,24)25)10-16(15)28-21(32(19)31-18)29-17-11-26-8-9-27-20(17)33/h2-11H,1H3,(H,27,28,29,33). The second-order valence-corrected chi connectivity index (χ2v) is 7.11. The quantitative estimate of drug-likeness (QED) is 0.426. The van der Waals surface area contributed by atoms with Crippen LogP contribution in [0.5, 0.6) is 5.75 Å². The van der Waals surface area contributed by atoms with Crippen LogP contribution in [0.2, 0.25) is 0 Å². The second-order valence-electron chi connectivity index (χ2n) is 7.11. The largest absolute Gasteiger partial charge is 0.497 e. The molecule has 0 aliphatic carbocycles. The summed E-state index contributed by atoms with van der Waals surface area (Å²) in [5.41, 5.74) is -0.613. The summed E-state index contributed by atoms with van der Waals surface area (Å²) in [6.07, 6.45) is -0.770. The van der Waals surface area contributed by atoms with Crippen LogP contribution in [0.1, 0.15) is 5.56 Å². The summed E-state index contributed by atoms with van der Waals surface area (Å²) < 4.78 is 46.4. The molecule has 0 bridgehead atoms. The summed E-state index contributed by atoms with van der Waals surface area (Å²) in [4.78, 5) is 28.7. The molecule has 3 aromatic heterocycles. The van der Waals surface area contributed by atoms with Crippen LogP contribution in [0.25, 0.3) is 27.9 Å². The molecule has 5 rings (SSSR count). The molecular formula is C22H14F3N7O2. The van der Waals surface area contributed by atoms with Gasteiger partial charge in [-0.25, -0.2) is 15.0 Å².